The zero-order chi connectivity index (χ0) is 21.2. The van der Waals surface area contributed by atoms with Gasteiger partial charge >= 0.3 is 5.69 Å². The molecule has 3 aromatic rings. The second kappa shape index (κ2) is 10.7. The van der Waals surface area contributed by atoms with Gasteiger partial charge in [-0.25, -0.2) is 10.2 Å². The number of carbonyl (C=O) groups excluding carboxylic acids is 1. The highest BCUT2D eigenvalue weighted by atomic mass is 16.5. The molecule has 7 nitrogen and oxygen atoms in total. The minimum absolute atomic E-state index is 0.0850. The van der Waals surface area contributed by atoms with Crippen LogP contribution in [0, 0.1) is 0 Å². The van der Waals surface area contributed by atoms with Crippen LogP contribution in [0.3, 0.4) is 0 Å². The van der Waals surface area contributed by atoms with Crippen LogP contribution < -0.4 is 15.9 Å². The topological polar surface area (TPSA) is 96.4 Å². The predicted molar refractivity (Wildman–Crippen MR) is 117 cm³/mol. The van der Waals surface area contributed by atoms with Crippen LogP contribution in [0.15, 0.2) is 70.6 Å². The van der Waals surface area contributed by atoms with Crippen molar-refractivity contribution in [1.29, 1.82) is 0 Å². The number of aromatic nitrogens is 2. The summed E-state index contributed by atoms with van der Waals surface area (Å²) in [6.07, 6.45) is 4.87. The van der Waals surface area contributed by atoms with Crippen molar-refractivity contribution in [3.05, 3.63) is 82.4 Å². The summed E-state index contributed by atoms with van der Waals surface area (Å²) in [6, 6.07) is 18.1. The van der Waals surface area contributed by atoms with Crippen LogP contribution in [0.25, 0.3) is 11.3 Å². The molecule has 0 bridgehead atoms. The molecule has 2 aromatic carbocycles. The van der Waals surface area contributed by atoms with E-state index in [-0.39, 0.29) is 5.69 Å². The second-order valence-corrected chi connectivity index (χ2v) is 6.67. The molecule has 0 aliphatic heterocycles. The van der Waals surface area contributed by atoms with E-state index in [0.717, 1.165) is 36.1 Å². The standard InChI is InChI=1S/C23H24N4O3/c1-2-3-7-14-30-19-12-10-17(11-13-19)16-24-27-22(28)21-15-20(25-23(29)26-21)18-8-5-4-6-9-18/h4-6,8-13,15-16H,2-3,7,14H2,1H3,(H,27,28)(H,25,26,29)/b24-16+. The molecule has 0 saturated heterocycles. The van der Waals surface area contributed by atoms with Gasteiger partial charge in [-0.15, -0.1) is 0 Å². The molecular formula is C23H24N4O3. The fraction of sp³-hybridized carbons (Fsp3) is 0.217. The molecule has 0 saturated carbocycles. The minimum Gasteiger partial charge on any atom is -0.494 e. The number of hydrogen-bond donors (Lipinski definition) is 2. The van der Waals surface area contributed by atoms with Gasteiger partial charge in [-0.2, -0.15) is 10.1 Å². The van der Waals surface area contributed by atoms with Gasteiger partial charge < -0.3 is 9.72 Å². The maximum atomic E-state index is 12.4. The third-order valence-corrected chi connectivity index (χ3v) is 4.34. The number of benzene rings is 2. The second-order valence-electron chi connectivity index (χ2n) is 6.67. The number of rotatable bonds is 9. The van der Waals surface area contributed by atoms with E-state index in [0.29, 0.717) is 12.3 Å². The normalized spacial score (nSPS) is 10.8. The highest BCUT2D eigenvalue weighted by Crippen LogP contribution is 2.15. The van der Waals surface area contributed by atoms with Gasteiger partial charge in [-0.05, 0) is 42.3 Å². The molecule has 0 unspecified atom stereocenters. The van der Waals surface area contributed by atoms with E-state index in [2.05, 4.69) is 27.4 Å². The van der Waals surface area contributed by atoms with Gasteiger partial charge in [0.2, 0.25) is 0 Å². The average Bonchev–Trinajstić information content (AvgIpc) is 2.78. The van der Waals surface area contributed by atoms with Crippen molar-refractivity contribution in [3.8, 4) is 17.0 Å². The molecule has 1 aromatic heterocycles. The first-order valence-electron chi connectivity index (χ1n) is 9.89. The molecule has 1 amide bonds. The summed E-state index contributed by atoms with van der Waals surface area (Å²) in [5, 5.41) is 3.96. The Morgan fingerprint density at radius 1 is 1.13 bits per heavy atom. The molecule has 0 atom stereocenters. The number of aromatic amines is 1. The monoisotopic (exact) mass is 404 g/mol. The number of nitrogens with one attached hydrogen (secondary N) is 2. The maximum Gasteiger partial charge on any atom is 0.346 e. The highest BCUT2D eigenvalue weighted by Gasteiger charge is 2.09. The first kappa shape index (κ1) is 21.0. The minimum atomic E-state index is -0.597. The van der Waals surface area contributed by atoms with E-state index < -0.39 is 11.6 Å². The lowest BCUT2D eigenvalue weighted by Gasteiger charge is -2.05. The first-order chi connectivity index (χ1) is 14.7. The fourth-order valence-corrected chi connectivity index (χ4v) is 2.75. The predicted octanol–water partition coefficient (Wildman–Crippen LogP) is 3.77. The third kappa shape index (κ3) is 6.13. The van der Waals surface area contributed by atoms with Gasteiger partial charge in [0.05, 0.1) is 18.5 Å². The number of hydrogen-bond acceptors (Lipinski definition) is 5. The molecule has 2 N–H and O–H groups in total. The smallest absolute Gasteiger partial charge is 0.346 e. The van der Waals surface area contributed by atoms with Gasteiger partial charge in [-0.1, -0.05) is 50.1 Å². The Hall–Kier alpha value is -3.74. The Labute approximate surface area is 174 Å². The molecule has 0 spiro atoms. The Morgan fingerprint density at radius 2 is 1.90 bits per heavy atom. The Bertz CT molecular complexity index is 1040. The number of nitrogens with zero attached hydrogens (tertiary/aromatic N) is 2. The van der Waals surface area contributed by atoms with Crippen molar-refractivity contribution >= 4 is 12.1 Å². The molecule has 0 aliphatic rings. The van der Waals surface area contributed by atoms with Crippen molar-refractivity contribution in [2.75, 3.05) is 6.61 Å². The van der Waals surface area contributed by atoms with E-state index in [4.69, 9.17) is 4.74 Å². The van der Waals surface area contributed by atoms with Crippen molar-refractivity contribution in [3.63, 3.8) is 0 Å². The molecule has 154 valence electrons. The van der Waals surface area contributed by atoms with Gasteiger partial charge in [0.1, 0.15) is 11.4 Å². The Balaban J connectivity index is 1.59. The third-order valence-electron chi connectivity index (χ3n) is 4.34. The molecule has 3 rings (SSSR count). The van der Waals surface area contributed by atoms with Crippen molar-refractivity contribution < 1.29 is 9.53 Å². The first-order valence-corrected chi connectivity index (χ1v) is 9.89. The van der Waals surface area contributed by atoms with Gasteiger partial charge in [0.15, 0.2) is 0 Å². The molecule has 7 heteroatoms. The molecule has 30 heavy (non-hydrogen) atoms. The summed E-state index contributed by atoms with van der Waals surface area (Å²) in [5.41, 5.74) is 3.88. The van der Waals surface area contributed by atoms with Gasteiger partial charge in [-0.3, -0.25) is 4.79 Å². The lowest BCUT2D eigenvalue weighted by Crippen LogP contribution is -2.24. The molecule has 0 radical (unpaired) electrons. The van der Waals surface area contributed by atoms with E-state index in [1.807, 2.05) is 54.6 Å². The SMILES string of the molecule is CCCCCOc1ccc(/C=N/NC(=O)c2cc(-c3ccccc3)nc(=O)[nH]2)cc1. The van der Waals surface area contributed by atoms with Gasteiger partial charge in [0, 0.05) is 5.56 Å². The maximum absolute atomic E-state index is 12.4. The number of unbranched alkanes of at least 4 members (excludes halogenated alkanes) is 2. The average molecular weight is 404 g/mol. The number of amides is 1. The molecule has 0 fully saturated rings. The van der Waals surface area contributed by atoms with E-state index >= 15 is 0 Å². The van der Waals surface area contributed by atoms with Crippen molar-refractivity contribution in [2.24, 2.45) is 5.10 Å². The van der Waals surface area contributed by atoms with Gasteiger partial charge in [0.25, 0.3) is 5.91 Å². The summed E-state index contributed by atoms with van der Waals surface area (Å²) in [7, 11) is 0. The Morgan fingerprint density at radius 3 is 2.63 bits per heavy atom. The molecular weight excluding hydrogens is 380 g/mol. The summed E-state index contributed by atoms with van der Waals surface area (Å²) in [6.45, 7) is 2.86. The zero-order valence-electron chi connectivity index (χ0n) is 16.8. The number of hydrazone groups is 1. The highest BCUT2D eigenvalue weighted by molar-refractivity contribution is 5.93. The van der Waals surface area contributed by atoms with E-state index in [1.165, 1.54) is 12.3 Å². The van der Waals surface area contributed by atoms with E-state index in [1.54, 1.807) is 0 Å². The van der Waals surface area contributed by atoms with Crippen LogP contribution in [0.5, 0.6) is 5.75 Å². The largest absolute Gasteiger partial charge is 0.494 e. The van der Waals surface area contributed by atoms with Crippen LogP contribution in [0.1, 0.15) is 42.2 Å². The van der Waals surface area contributed by atoms with Crippen LogP contribution in [-0.2, 0) is 0 Å². The van der Waals surface area contributed by atoms with E-state index in [9.17, 15) is 9.59 Å². The summed E-state index contributed by atoms with van der Waals surface area (Å²) >= 11 is 0. The van der Waals surface area contributed by atoms with Crippen LogP contribution in [0.2, 0.25) is 0 Å². The Kier molecular flexibility index (Phi) is 7.49. The number of ether oxygens (including phenoxy) is 1. The summed E-state index contributed by atoms with van der Waals surface area (Å²) in [5.74, 6) is 0.272. The van der Waals surface area contributed by atoms with Crippen LogP contribution >= 0.6 is 0 Å². The van der Waals surface area contributed by atoms with Crippen molar-refractivity contribution in [1.82, 2.24) is 15.4 Å². The van der Waals surface area contributed by atoms with Crippen LogP contribution in [0.4, 0.5) is 0 Å². The number of carbonyl (C=O) groups is 1. The summed E-state index contributed by atoms with van der Waals surface area (Å²) in [4.78, 5) is 30.5. The quantitative estimate of drug-likeness (QED) is 0.322. The number of H-pyrrole nitrogens is 1. The van der Waals surface area contributed by atoms with Crippen molar-refractivity contribution in [2.45, 2.75) is 26.2 Å². The molecule has 0 aliphatic carbocycles. The fourth-order valence-electron chi connectivity index (χ4n) is 2.75. The lowest BCUT2D eigenvalue weighted by atomic mass is 10.1. The lowest BCUT2D eigenvalue weighted by molar-refractivity contribution is 0.0949. The zero-order valence-corrected chi connectivity index (χ0v) is 16.8. The summed E-state index contributed by atoms with van der Waals surface area (Å²) < 4.78 is 5.67. The van der Waals surface area contributed by atoms with Crippen LogP contribution in [-0.4, -0.2) is 28.7 Å². The molecule has 1 heterocycles.